The lowest BCUT2D eigenvalue weighted by atomic mass is 9.70. The van der Waals surface area contributed by atoms with E-state index < -0.39 is 0 Å². The van der Waals surface area contributed by atoms with E-state index in [1.54, 1.807) is 6.07 Å². The van der Waals surface area contributed by atoms with Crippen molar-refractivity contribution in [2.75, 3.05) is 18.1 Å². The molecule has 2 bridgehead atoms. The second-order valence-corrected chi connectivity index (χ2v) is 8.63. The van der Waals surface area contributed by atoms with Gasteiger partial charge in [0.1, 0.15) is 12.3 Å². The van der Waals surface area contributed by atoms with E-state index in [0.717, 1.165) is 18.6 Å². The summed E-state index contributed by atoms with van der Waals surface area (Å²) < 4.78 is 5.62. The zero-order valence-electron chi connectivity index (χ0n) is 16.2. The third-order valence-electron chi connectivity index (χ3n) is 7.16. The lowest BCUT2D eigenvalue weighted by Gasteiger charge is -2.34. The van der Waals surface area contributed by atoms with Crippen molar-refractivity contribution in [3.8, 4) is 5.75 Å². The molecule has 2 amide bonds. The van der Waals surface area contributed by atoms with E-state index in [4.69, 9.17) is 4.74 Å². The summed E-state index contributed by atoms with van der Waals surface area (Å²) in [5, 5.41) is 4.49. The van der Waals surface area contributed by atoms with E-state index in [1.807, 2.05) is 18.2 Å². The summed E-state index contributed by atoms with van der Waals surface area (Å²) in [6.07, 6.45) is 3.55. The molecule has 6 heteroatoms. The molecule has 144 valence electrons. The van der Waals surface area contributed by atoms with Crippen molar-refractivity contribution in [1.29, 1.82) is 0 Å². The van der Waals surface area contributed by atoms with Crippen LogP contribution in [-0.2, 0) is 9.59 Å². The number of hydrogen-bond donors (Lipinski definition) is 1. The molecule has 0 radical (unpaired) electrons. The summed E-state index contributed by atoms with van der Waals surface area (Å²) in [5.41, 5.74) is 4.69. The van der Waals surface area contributed by atoms with Crippen LogP contribution in [0.25, 0.3) is 0 Å². The number of amides is 2. The van der Waals surface area contributed by atoms with Gasteiger partial charge in [-0.3, -0.25) is 14.5 Å². The molecule has 1 heterocycles. The highest BCUT2D eigenvalue weighted by molar-refractivity contribution is 6.01. The maximum absolute atomic E-state index is 12.6. The number of hydrogen-bond acceptors (Lipinski definition) is 4. The first-order valence-corrected chi connectivity index (χ1v) is 9.71. The quantitative estimate of drug-likeness (QED) is 0.832. The van der Waals surface area contributed by atoms with Crippen molar-refractivity contribution in [3.63, 3.8) is 0 Å². The molecular weight excluding hydrogens is 342 g/mol. The molecule has 0 aromatic heterocycles. The molecular formula is C21H27N3O3. The summed E-state index contributed by atoms with van der Waals surface area (Å²) in [5.74, 6) is 0.867. The van der Waals surface area contributed by atoms with E-state index in [2.05, 4.69) is 31.3 Å². The van der Waals surface area contributed by atoms with Crippen LogP contribution in [-0.4, -0.2) is 30.7 Å². The predicted molar refractivity (Wildman–Crippen MR) is 104 cm³/mol. The molecule has 0 unspecified atom stereocenters. The monoisotopic (exact) mass is 369 g/mol. The van der Waals surface area contributed by atoms with Crippen LogP contribution in [0.2, 0.25) is 0 Å². The van der Waals surface area contributed by atoms with Gasteiger partial charge in [-0.1, -0.05) is 32.9 Å². The third-order valence-corrected chi connectivity index (χ3v) is 7.16. The highest BCUT2D eigenvalue weighted by Gasteiger charge is 2.60. The Morgan fingerprint density at radius 1 is 1.33 bits per heavy atom. The average molecular weight is 369 g/mol. The Labute approximate surface area is 159 Å². The second kappa shape index (κ2) is 6.36. The van der Waals surface area contributed by atoms with Crippen LogP contribution in [0.15, 0.2) is 29.4 Å². The number of fused-ring (bicyclic) bond motifs is 3. The molecule has 1 aromatic rings. The number of anilines is 1. The van der Waals surface area contributed by atoms with Crippen molar-refractivity contribution in [3.05, 3.63) is 24.3 Å². The fourth-order valence-electron chi connectivity index (χ4n) is 4.90. The minimum atomic E-state index is -0.281. The maximum Gasteiger partial charge on any atom is 0.260 e. The number of carbonyl (C=O) groups excluding carboxylic acids is 2. The standard InChI is InChI=1S/C21H27N3O3/c1-20(2)14-8-10-21(20,3)17(12-14)22-23-18(25)13-24-15-6-4-5-7-16(15)27-11-9-19(24)26/h4-7,14H,8-13H2,1-3H3,(H,23,25)/b22-17+/t14-,21-/m0/s1. The van der Waals surface area contributed by atoms with E-state index in [9.17, 15) is 9.59 Å². The molecule has 1 aromatic carbocycles. The van der Waals surface area contributed by atoms with Crippen molar-refractivity contribution in [2.45, 2.75) is 46.5 Å². The fourth-order valence-corrected chi connectivity index (χ4v) is 4.90. The van der Waals surface area contributed by atoms with Crippen molar-refractivity contribution in [2.24, 2.45) is 21.8 Å². The number of ether oxygens (including phenoxy) is 1. The normalized spacial score (nSPS) is 30.0. The summed E-state index contributed by atoms with van der Waals surface area (Å²) in [6.45, 7) is 7.14. The van der Waals surface area contributed by atoms with Gasteiger partial charge in [-0.25, -0.2) is 5.43 Å². The first-order valence-electron chi connectivity index (χ1n) is 9.71. The molecule has 0 saturated heterocycles. The lowest BCUT2D eigenvalue weighted by molar-refractivity contribution is -0.123. The van der Waals surface area contributed by atoms with Crippen molar-refractivity contribution in [1.82, 2.24) is 5.43 Å². The molecule has 27 heavy (non-hydrogen) atoms. The van der Waals surface area contributed by atoms with Gasteiger partial charge in [0.15, 0.2) is 0 Å². The fraction of sp³-hybridized carbons (Fsp3) is 0.571. The Kier molecular flexibility index (Phi) is 4.24. The number of para-hydroxylation sites is 2. The minimum absolute atomic E-state index is 0.0454. The highest BCUT2D eigenvalue weighted by Crippen LogP contribution is 2.63. The van der Waals surface area contributed by atoms with Crippen LogP contribution in [0.4, 0.5) is 5.69 Å². The summed E-state index contributed by atoms with van der Waals surface area (Å²) >= 11 is 0. The zero-order chi connectivity index (χ0) is 19.2. The molecule has 2 atom stereocenters. The van der Waals surface area contributed by atoms with E-state index in [-0.39, 0.29) is 35.6 Å². The highest BCUT2D eigenvalue weighted by atomic mass is 16.5. The van der Waals surface area contributed by atoms with E-state index in [1.165, 1.54) is 11.3 Å². The summed E-state index contributed by atoms with van der Waals surface area (Å²) in [6, 6.07) is 7.31. The topological polar surface area (TPSA) is 71.0 Å². The smallest absolute Gasteiger partial charge is 0.260 e. The van der Waals surface area contributed by atoms with Gasteiger partial charge < -0.3 is 4.74 Å². The van der Waals surface area contributed by atoms with Gasteiger partial charge in [0.25, 0.3) is 5.91 Å². The molecule has 1 N–H and O–H groups in total. The van der Waals surface area contributed by atoms with Crippen LogP contribution < -0.4 is 15.1 Å². The van der Waals surface area contributed by atoms with Gasteiger partial charge in [-0.05, 0) is 42.7 Å². The molecule has 4 rings (SSSR count). The van der Waals surface area contributed by atoms with Crippen LogP contribution in [0.5, 0.6) is 5.75 Å². The second-order valence-electron chi connectivity index (χ2n) is 8.63. The Bertz CT molecular complexity index is 817. The first kappa shape index (κ1) is 18.0. The van der Waals surface area contributed by atoms with E-state index >= 15 is 0 Å². The van der Waals surface area contributed by atoms with Crippen LogP contribution >= 0.6 is 0 Å². The number of hydrazone groups is 1. The molecule has 0 spiro atoms. The Balaban J connectivity index is 1.48. The summed E-state index contributed by atoms with van der Waals surface area (Å²) in [7, 11) is 0. The SMILES string of the molecule is CC1(C)[C@H]2CC[C@@]1(C)/C(=N/NC(=O)CN1C(=O)CCOc3ccccc31)C2. The maximum atomic E-state index is 12.6. The predicted octanol–water partition coefficient (Wildman–Crippen LogP) is 3.12. The first-order chi connectivity index (χ1) is 12.8. The molecule has 2 saturated carbocycles. The Morgan fingerprint density at radius 2 is 2.11 bits per heavy atom. The lowest BCUT2D eigenvalue weighted by Crippen LogP contribution is -2.40. The molecule has 3 aliphatic rings. The third kappa shape index (κ3) is 2.82. The number of nitrogens with zero attached hydrogens (tertiary/aromatic N) is 2. The van der Waals surface area contributed by atoms with Gasteiger partial charge >= 0.3 is 0 Å². The number of benzene rings is 1. The van der Waals surface area contributed by atoms with Crippen LogP contribution in [0, 0.1) is 16.7 Å². The van der Waals surface area contributed by atoms with Crippen LogP contribution in [0.1, 0.15) is 46.5 Å². The largest absolute Gasteiger partial charge is 0.491 e. The molecule has 2 aliphatic carbocycles. The summed E-state index contributed by atoms with van der Waals surface area (Å²) in [4.78, 5) is 26.5. The Hall–Kier alpha value is -2.37. The number of nitrogens with one attached hydrogen (secondary N) is 1. The van der Waals surface area contributed by atoms with Gasteiger partial charge in [-0.15, -0.1) is 0 Å². The van der Waals surface area contributed by atoms with Gasteiger partial charge in [0, 0.05) is 11.1 Å². The van der Waals surface area contributed by atoms with Gasteiger partial charge in [-0.2, -0.15) is 5.10 Å². The molecule has 6 nitrogen and oxygen atoms in total. The Morgan fingerprint density at radius 3 is 2.81 bits per heavy atom. The number of carbonyl (C=O) groups is 2. The van der Waals surface area contributed by atoms with Crippen LogP contribution in [0.3, 0.4) is 0 Å². The van der Waals surface area contributed by atoms with Gasteiger partial charge in [0.2, 0.25) is 5.91 Å². The van der Waals surface area contributed by atoms with Crippen molar-refractivity contribution >= 4 is 23.2 Å². The number of rotatable bonds is 3. The minimum Gasteiger partial charge on any atom is -0.491 e. The van der Waals surface area contributed by atoms with Gasteiger partial charge in [0.05, 0.1) is 18.7 Å². The van der Waals surface area contributed by atoms with Crippen molar-refractivity contribution < 1.29 is 14.3 Å². The average Bonchev–Trinajstić information content (AvgIpc) is 2.89. The zero-order valence-corrected chi connectivity index (χ0v) is 16.2. The molecule has 2 fully saturated rings. The molecule has 1 aliphatic heterocycles. The van der Waals surface area contributed by atoms with E-state index in [0.29, 0.717) is 24.0 Å².